The standard InChI is InChI=1S/C20H19NO3/c1-21(2)12-11-18-19(20(22)14-7-5-4-6-8-14)16-13-15(23-3)9-10-17(16)24-18/h4-13H,1-3H3. The van der Waals surface area contributed by atoms with Crippen LogP contribution in [0, 0.1) is 0 Å². The van der Waals surface area contributed by atoms with Crippen LogP contribution in [0.4, 0.5) is 0 Å². The molecule has 0 radical (unpaired) electrons. The summed E-state index contributed by atoms with van der Waals surface area (Å²) in [5.74, 6) is 1.16. The van der Waals surface area contributed by atoms with Gasteiger partial charge in [0.1, 0.15) is 17.1 Å². The molecule has 1 aromatic heterocycles. The summed E-state index contributed by atoms with van der Waals surface area (Å²) >= 11 is 0. The van der Waals surface area contributed by atoms with E-state index in [4.69, 9.17) is 9.15 Å². The van der Waals surface area contributed by atoms with Crippen molar-refractivity contribution in [1.29, 1.82) is 0 Å². The lowest BCUT2D eigenvalue weighted by molar-refractivity contribution is 0.103. The minimum atomic E-state index is -0.0685. The second kappa shape index (κ2) is 6.62. The summed E-state index contributed by atoms with van der Waals surface area (Å²) in [5, 5.41) is 0.751. The van der Waals surface area contributed by atoms with Crippen molar-refractivity contribution in [2.75, 3.05) is 21.2 Å². The fraction of sp³-hybridized carbons (Fsp3) is 0.150. The maximum Gasteiger partial charge on any atom is 0.197 e. The van der Waals surface area contributed by atoms with Crippen molar-refractivity contribution in [3.8, 4) is 5.75 Å². The fourth-order valence-electron chi connectivity index (χ4n) is 2.52. The van der Waals surface area contributed by atoms with E-state index in [0.717, 1.165) is 5.39 Å². The second-order valence-electron chi connectivity index (χ2n) is 5.68. The first-order valence-electron chi connectivity index (χ1n) is 7.65. The third kappa shape index (κ3) is 3.04. The molecule has 3 rings (SSSR count). The van der Waals surface area contributed by atoms with Crippen LogP contribution in [0.15, 0.2) is 59.1 Å². The van der Waals surface area contributed by atoms with E-state index in [2.05, 4.69) is 0 Å². The van der Waals surface area contributed by atoms with Gasteiger partial charge in [-0.3, -0.25) is 4.79 Å². The normalized spacial score (nSPS) is 11.1. The Morgan fingerprint density at radius 1 is 1.12 bits per heavy atom. The number of methoxy groups -OCH3 is 1. The SMILES string of the molecule is COc1ccc2oc(C=CN(C)C)c(C(=O)c3ccccc3)c2c1. The molecule has 2 aromatic carbocycles. The van der Waals surface area contributed by atoms with E-state index < -0.39 is 0 Å². The topological polar surface area (TPSA) is 42.7 Å². The van der Waals surface area contributed by atoms with Gasteiger partial charge in [-0.2, -0.15) is 0 Å². The second-order valence-corrected chi connectivity index (χ2v) is 5.68. The Hall–Kier alpha value is -3.01. The van der Waals surface area contributed by atoms with Crippen LogP contribution in [0.2, 0.25) is 0 Å². The Morgan fingerprint density at radius 2 is 1.88 bits per heavy atom. The number of hydrogen-bond donors (Lipinski definition) is 0. The van der Waals surface area contributed by atoms with Crippen molar-refractivity contribution in [2.45, 2.75) is 0 Å². The first-order chi connectivity index (χ1) is 11.6. The zero-order chi connectivity index (χ0) is 17.1. The molecule has 0 unspecified atom stereocenters. The molecule has 0 bridgehead atoms. The van der Waals surface area contributed by atoms with Gasteiger partial charge in [0.2, 0.25) is 0 Å². The molecule has 0 atom stereocenters. The van der Waals surface area contributed by atoms with E-state index in [-0.39, 0.29) is 5.78 Å². The molecule has 24 heavy (non-hydrogen) atoms. The molecule has 0 aliphatic heterocycles. The Labute approximate surface area is 140 Å². The first-order valence-corrected chi connectivity index (χ1v) is 7.65. The Morgan fingerprint density at radius 3 is 2.54 bits per heavy atom. The number of rotatable bonds is 5. The van der Waals surface area contributed by atoms with Gasteiger partial charge in [-0.15, -0.1) is 0 Å². The molecule has 4 heteroatoms. The molecule has 0 spiro atoms. The molecule has 0 fully saturated rings. The highest BCUT2D eigenvalue weighted by Crippen LogP contribution is 2.32. The van der Waals surface area contributed by atoms with Crippen LogP contribution >= 0.6 is 0 Å². The molecular formula is C20H19NO3. The van der Waals surface area contributed by atoms with E-state index in [9.17, 15) is 4.79 Å². The largest absolute Gasteiger partial charge is 0.497 e. The van der Waals surface area contributed by atoms with Gasteiger partial charge in [-0.25, -0.2) is 0 Å². The predicted molar refractivity (Wildman–Crippen MR) is 95.4 cm³/mol. The van der Waals surface area contributed by atoms with Crippen molar-refractivity contribution < 1.29 is 13.9 Å². The van der Waals surface area contributed by atoms with Gasteiger partial charge in [0, 0.05) is 31.2 Å². The first kappa shape index (κ1) is 15.9. The fourth-order valence-corrected chi connectivity index (χ4v) is 2.52. The Kier molecular flexibility index (Phi) is 4.38. The zero-order valence-corrected chi connectivity index (χ0v) is 13.9. The molecule has 0 N–H and O–H groups in total. The van der Waals surface area contributed by atoms with E-state index in [1.807, 2.05) is 67.7 Å². The maximum absolute atomic E-state index is 13.0. The van der Waals surface area contributed by atoms with Crippen molar-refractivity contribution in [3.63, 3.8) is 0 Å². The lowest BCUT2D eigenvalue weighted by Gasteiger charge is -2.04. The maximum atomic E-state index is 13.0. The van der Waals surface area contributed by atoms with Crippen LogP contribution in [0.1, 0.15) is 21.7 Å². The van der Waals surface area contributed by atoms with Crippen LogP contribution in [-0.4, -0.2) is 31.9 Å². The monoisotopic (exact) mass is 321 g/mol. The summed E-state index contributed by atoms with van der Waals surface area (Å²) in [5.41, 5.74) is 1.84. The third-order valence-corrected chi connectivity index (χ3v) is 3.71. The molecule has 0 aliphatic carbocycles. The lowest BCUT2D eigenvalue weighted by atomic mass is 10.00. The number of furan rings is 1. The van der Waals surface area contributed by atoms with Crippen molar-refractivity contribution in [1.82, 2.24) is 4.90 Å². The van der Waals surface area contributed by atoms with Crippen LogP contribution in [-0.2, 0) is 0 Å². The van der Waals surface area contributed by atoms with Crippen LogP contribution in [0.25, 0.3) is 17.0 Å². The number of carbonyl (C=O) groups is 1. The van der Waals surface area contributed by atoms with Crippen molar-refractivity contribution in [3.05, 3.63) is 71.6 Å². The number of hydrogen-bond acceptors (Lipinski definition) is 4. The molecule has 4 nitrogen and oxygen atoms in total. The number of nitrogens with zero attached hydrogens (tertiary/aromatic N) is 1. The molecule has 1 heterocycles. The molecule has 3 aromatic rings. The highest BCUT2D eigenvalue weighted by molar-refractivity contribution is 6.18. The summed E-state index contributed by atoms with van der Waals surface area (Å²) in [6.45, 7) is 0. The van der Waals surface area contributed by atoms with Gasteiger partial charge in [-0.05, 0) is 24.3 Å². The molecule has 0 saturated heterocycles. The Bertz CT molecular complexity index is 892. The number of fused-ring (bicyclic) bond motifs is 1. The summed E-state index contributed by atoms with van der Waals surface area (Å²) in [7, 11) is 5.44. The number of ether oxygens (including phenoxy) is 1. The molecule has 0 amide bonds. The van der Waals surface area contributed by atoms with E-state index in [1.165, 1.54) is 0 Å². The van der Waals surface area contributed by atoms with Gasteiger partial charge in [0.15, 0.2) is 5.78 Å². The summed E-state index contributed by atoms with van der Waals surface area (Å²) in [6.07, 6.45) is 3.67. The van der Waals surface area contributed by atoms with Gasteiger partial charge >= 0.3 is 0 Å². The zero-order valence-electron chi connectivity index (χ0n) is 13.9. The van der Waals surface area contributed by atoms with Gasteiger partial charge in [0.05, 0.1) is 12.7 Å². The summed E-state index contributed by atoms with van der Waals surface area (Å²) < 4.78 is 11.2. The molecule has 122 valence electrons. The van der Waals surface area contributed by atoms with E-state index >= 15 is 0 Å². The quantitative estimate of drug-likeness (QED) is 0.660. The van der Waals surface area contributed by atoms with Gasteiger partial charge in [-0.1, -0.05) is 30.3 Å². The molecule has 0 saturated carbocycles. The highest BCUT2D eigenvalue weighted by Gasteiger charge is 2.21. The average molecular weight is 321 g/mol. The van der Waals surface area contributed by atoms with E-state index in [1.54, 1.807) is 19.2 Å². The van der Waals surface area contributed by atoms with Crippen LogP contribution in [0.3, 0.4) is 0 Å². The predicted octanol–water partition coefficient (Wildman–Crippen LogP) is 4.20. The summed E-state index contributed by atoms with van der Waals surface area (Å²) in [6, 6.07) is 14.7. The van der Waals surface area contributed by atoms with Crippen LogP contribution in [0.5, 0.6) is 5.75 Å². The third-order valence-electron chi connectivity index (χ3n) is 3.71. The van der Waals surface area contributed by atoms with Gasteiger partial charge in [0.25, 0.3) is 0 Å². The van der Waals surface area contributed by atoms with Crippen molar-refractivity contribution in [2.24, 2.45) is 0 Å². The van der Waals surface area contributed by atoms with Crippen molar-refractivity contribution >= 4 is 22.8 Å². The van der Waals surface area contributed by atoms with Crippen LogP contribution < -0.4 is 4.74 Å². The average Bonchev–Trinajstić information content (AvgIpc) is 2.97. The highest BCUT2D eigenvalue weighted by atomic mass is 16.5. The minimum Gasteiger partial charge on any atom is -0.497 e. The lowest BCUT2D eigenvalue weighted by Crippen LogP contribution is -2.03. The number of carbonyl (C=O) groups excluding carboxylic acids is 1. The van der Waals surface area contributed by atoms with E-state index in [0.29, 0.717) is 28.2 Å². The van der Waals surface area contributed by atoms with Gasteiger partial charge < -0.3 is 14.1 Å². The summed E-state index contributed by atoms with van der Waals surface area (Å²) in [4.78, 5) is 14.9. The smallest absolute Gasteiger partial charge is 0.197 e. The number of benzene rings is 2. The Balaban J connectivity index is 2.21. The molecular weight excluding hydrogens is 302 g/mol. The number of ketones is 1. The minimum absolute atomic E-state index is 0.0685. The molecule has 0 aliphatic rings.